The molecule has 0 aromatic heterocycles. The first-order valence-electron chi connectivity index (χ1n) is 10.5. The minimum absolute atomic E-state index is 0.366. The Bertz CT molecular complexity index is 925. The molecule has 0 aliphatic carbocycles. The molecule has 0 amide bonds. The van der Waals surface area contributed by atoms with Gasteiger partial charge in [-0.1, -0.05) is 36.2 Å². The molecule has 0 spiro atoms. The van der Waals surface area contributed by atoms with E-state index in [-0.39, 0.29) is 0 Å². The molecule has 9 nitrogen and oxygen atoms in total. The van der Waals surface area contributed by atoms with E-state index in [1.807, 2.05) is 26.0 Å². The van der Waals surface area contributed by atoms with Gasteiger partial charge in [-0.3, -0.25) is 0 Å². The summed E-state index contributed by atoms with van der Waals surface area (Å²) in [6.45, 7) is 6.95. The van der Waals surface area contributed by atoms with Crippen LogP contribution in [0.15, 0.2) is 51.0 Å². The number of hydrogen-bond donors (Lipinski definition) is 6. The molecule has 8 N–H and O–H groups in total. The van der Waals surface area contributed by atoms with Crippen LogP contribution in [0.5, 0.6) is 0 Å². The van der Waals surface area contributed by atoms with Crippen LogP contribution in [0, 0.1) is 5.41 Å². The van der Waals surface area contributed by atoms with E-state index in [2.05, 4.69) is 28.1 Å². The van der Waals surface area contributed by atoms with E-state index in [4.69, 9.17) is 50.0 Å². The number of nitrogens with one attached hydrogen (secondary N) is 4. The van der Waals surface area contributed by atoms with E-state index in [0.717, 1.165) is 17.6 Å². The average Bonchev–Trinajstić information content (AvgIpc) is 2.83. The van der Waals surface area contributed by atoms with Crippen molar-refractivity contribution in [2.75, 3.05) is 13.7 Å². The summed E-state index contributed by atoms with van der Waals surface area (Å²) in [6, 6.07) is 5.49. The first-order chi connectivity index (χ1) is 15.8. The van der Waals surface area contributed by atoms with Gasteiger partial charge in [-0.25, -0.2) is 5.84 Å². The van der Waals surface area contributed by atoms with E-state index >= 15 is 0 Å². The number of allylic oxidation sites excluding steroid dienone is 2. The Kier molecular flexibility index (Phi) is 13.0. The van der Waals surface area contributed by atoms with Crippen LogP contribution in [0.2, 0.25) is 10.0 Å². The third-order valence-electron chi connectivity index (χ3n) is 4.82. The fourth-order valence-corrected chi connectivity index (χ4v) is 3.01. The van der Waals surface area contributed by atoms with E-state index in [1.165, 1.54) is 6.21 Å². The van der Waals surface area contributed by atoms with Gasteiger partial charge in [0.05, 0.1) is 17.2 Å². The standard InChI is InChI=1S/C22H34Cl2N8O/c1-5-14(2)21(29-13-16-8-9-17(23)18(24)11-16)30-22(33-4)20(15(3)12-25)28-10-6-7-19(31-26)32-27/h8-9,11-12,25,28-29H,5-7,10,13,26-27H2,1-4H3,(H,31,32)/b20-15-,21-14-,25-12?,30-22+. The van der Waals surface area contributed by atoms with E-state index in [9.17, 15) is 0 Å². The minimum atomic E-state index is 0.366. The summed E-state index contributed by atoms with van der Waals surface area (Å²) in [7, 11) is 1.55. The summed E-state index contributed by atoms with van der Waals surface area (Å²) in [6.07, 6.45) is 3.33. The topological polar surface area (TPSA) is 146 Å². The number of amidine groups is 1. The highest BCUT2D eigenvalue weighted by Gasteiger charge is 2.13. The van der Waals surface area contributed by atoms with Gasteiger partial charge in [0.25, 0.3) is 0 Å². The fourth-order valence-electron chi connectivity index (χ4n) is 2.69. The Labute approximate surface area is 205 Å². The van der Waals surface area contributed by atoms with Crippen molar-refractivity contribution in [1.82, 2.24) is 16.1 Å². The summed E-state index contributed by atoms with van der Waals surface area (Å²) in [5, 5.41) is 18.9. The highest BCUT2D eigenvalue weighted by Crippen LogP contribution is 2.23. The molecule has 1 rings (SSSR count). The van der Waals surface area contributed by atoms with Crippen LogP contribution in [0.3, 0.4) is 0 Å². The second-order valence-corrected chi connectivity index (χ2v) is 7.97. The highest BCUT2D eigenvalue weighted by atomic mass is 35.5. The lowest BCUT2D eigenvalue weighted by molar-refractivity contribution is 0.398. The molecular weight excluding hydrogens is 463 g/mol. The summed E-state index contributed by atoms with van der Waals surface area (Å²) in [5.41, 5.74) is 5.78. The van der Waals surface area contributed by atoms with Crippen molar-refractivity contribution >= 4 is 41.1 Å². The SMILES string of the molecule is CC\C(C)=C(/N=C(OC)\C(NCCC/C(=N/N)NN)=C(/C)C=N)NCc1ccc(Cl)c(Cl)c1. The van der Waals surface area contributed by atoms with Gasteiger partial charge in [0.1, 0.15) is 17.4 Å². The Morgan fingerprint density at radius 3 is 2.48 bits per heavy atom. The number of methoxy groups -OCH3 is 1. The van der Waals surface area contributed by atoms with Crippen molar-refractivity contribution in [3.8, 4) is 0 Å². The number of aliphatic imine (C=N–C) groups is 1. The second kappa shape index (κ2) is 15.2. The number of nitrogens with two attached hydrogens (primary N) is 2. The molecule has 0 saturated carbocycles. The second-order valence-electron chi connectivity index (χ2n) is 7.16. The Balaban J connectivity index is 3.10. The molecule has 0 heterocycles. The Morgan fingerprint density at radius 1 is 1.21 bits per heavy atom. The van der Waals surface area contributed by atoms with Crippen LogP contribution >= 0.6 is 23.2 Å². The number of hydrazine groups is 1. The van der Waals surface area contributed by atoms with Crippen LogP contribution in [-0.2, 0) is 11.3 Å². The summed E-state index contributed by atoms with van der Waals surface area (Å²) in [4.78, 5) is 4.74. The normalized spacial score (nSPS) is 13.7. The van der Waals surface area contributed by atoms with Gasteiger partial charge in [-0.05, 0) is 55.5 Å². The number of ether oxygens (including phenoxy) is 1. The van der Waals surface area contributed by atoms with Crippen LogP contribution in [0.25, 0.3) is 0 Å². The number of rotatable bonds is 12. The third kappa shape index (κ3) is 9.33. The zero-order valence-electron chi connectivity index (χ0n) is 19.6. The molecule has 33 heavy (non-hydrogen) atoms. The monoisotopic (exact) mass is 496 g/mol. The summed E-state index contributed by atoms with van der Waals surface area (Å²) < 4.78 is 5.61. The number of nitrogens with zero attached hydrogens (tertiary/aromatic N) is 2. The maximum Gasteiger partial charge on any atom is 0.239 e. The summed E-state index contributed by atoms with van der Waals surface area (Å²) >= 11 is 12.2. The molecule has 0 unspecified atom stereocenters. The maximum atomic E-state index is 7.70. The van der Waals surface area contributed by atoms with E-state index in [0.29, 0.717) is 64.8 Å². The predicted octanol–water partition coefficient (Wildman–Crippen LogP) is 3.80. The van der Waals surface area contributed by atoms with Crippen LogP contribution in [-0.4, -0.2) is 31.6 Å². The fraction of sp³-hybridized carbons (Fsp3) is 0.409. The van der Waals surface area contributed by atoms with Gasteiger partial charge in [0.2, 0.25) is 5.90 Å². The van der Waals surface area contributed by atoms with E-state index < -0.39 is 0 Å². The van der Waals surface area contributed by atoms with Crippen molar-refractivity contribution < 1.29 is 4.74 Å². The van der Waals surface area contributed by atoms with Crippen molar-refractivity contribution in [2.24, 2.45) is 21.8 Å². The number of halogens is 2. The average molecular weight is 497 g/mol. The number of benzene rings is 1. The van der Waals surface area contributed by atoms with Crippen molar-refractivity contribution in [2.45, 2.75) is 46.6 Å². The molecule has 0 saturated heterocycles. The first kappa shape index (κ1) is 28.3. The molecule has 1 aromatic rings. The van der Waals surface area contributed by atoms with Gasteiger partial charge in [0, 0.05) is 25.7 Å². The Morgan fingerprint density at radius 2 is 1.94 bits per heavy atom. The molecule has 11 heteroatoms. The van der Waals surface area contributed by atoms with Gasteiger partial charge in [-0.2, -0.15) is 10.1 Å². The smallest absolute Gasteiger partial charge is 0.239 e. The van der Waals surface area contributed by atoms with Crippen molar-refractivity contribution in [3.05, 3.63) is 56.5 Å². The lowest BCUT2D eigenvalue weighted by Gasteiger charge is -2.17. The van der Waals surface area contributed by atoms with Gasteiger partial charge < -0.3 is 32.0 Å². The number of hydrogen-bond acceptors (Lipinski definition) is 8. The largest absolute Gasteiger partial charge is 0.479 e. The predicted molar refractivity (Wildman–Crippen MR) is 138 cm³/mol. The molecule has 182 valence electrons. The lowest BCUT2D eigenvalue weighted by atomic mass is 10.2. The molecule has 0 atom stereocenters. The van der Waals surface area contributed by atoms with E-state index in [1.54, 1.807) is 13.2 Å². The van der Waals surface area contributed by atoms with Crippen LogP contribution in [0.4, 0.5) is 0 Å². The van der Waals surface area contributed by atoms with Crippen molar-refractivity contribution in [3.63, 3.8) is 0 Å². The molecule has 0 aliphatic heterocycles. The van der Waals surface area contributed by atoms with Gasteiger partial charge in [-0.15, -0.1) is 0 Å². The lowest BCUT2D eigenvalue weighted by Crippen LogP contribution is -2.32. The molecule has 0 radical (unpaired) electrons. The van der Waals surface area contributed by atoms with Gasteiger partial charge in [0.15, 0.2) is 0 Å². The first-order valence-corrected chi connectivity index (χ1v) is 11.3. The molecule has 0 fully saturated rings. The van der Waals surface area contributed by atoms with Crippen molar-refractivity contribution in [1.29, 1.82) is 5.41 Å². The van der Waals surface area contributed by atoms with Crippen LogP contribution < -0.4 is 27.7 Å². The summed E-state index contributed by atoms with van der Waals surface area (Å²) in [5.74, 6) is 12.2. The highest BCUT2D eigenvalue weighted by molar-refractivity contribution is 6.42. The zero-order chi connectivity index (χ0) is 24.8. The third-order valence-corrected chi connectivity index (χ3v) is 5.56. The van der Waals surface area contributed by atoms with Gasteiger partial charge >= 0.3 is 0 Å². The van der Waals surface area contributed by atoms with Crippen LogP contribution in [0.1, 0.15) is 45.6 Å². The quantitative estimate of drug-likeness (QED) is 0.0852. The minimum Gasteiger partial charge on any atom is -0.479 e. The maximum absolute atomic E-state index is 7.70. The zero-order valence-corrected chi connectivity index (χ0v) is 21.1. The molecule has 0 bridgehead atoms. The number of hydrazone groups is 1. The Hall–Kier alpha value is -2.75. The molecule has 1 aromatic carbocycles. The molecular formula is C22H34Cl2N8O. The molecule has 0 aliphatic rings.